The molecule has 7 nitrogen and oxygen atoms in total. The molecule has 0 saturated carbocycles. The van der Waals surface area contributed by atoms with Crippen LogP contribution >= 0.6 is 0 Å². The third-order valence-corrected chi connectivity index (χ3v) is 3.37. The summed E-state index contributed by atoms with van der Waals surface area (Å²) < 4.78 is 15.4. The minimum Gasteiger partial charge on any atom is -0.507 e. The van der Waals surface area contributed by atoms with Crippen LogP contribution in [0.25, 0.3) is 0 Å². The van der Waals surface area contributed by atoms with Crippen LogP contribution in [0.5, 0.6) is 23.0 Å². The molecule has 2 N–H and O–H groups in total. The van der Waals surface area contributed by atoms with Crippen LogP contribution in [0.15, 0.2) is 47.6 Å². The normalized spacial score (nSPS) is 10.9. The Morgan fingerprint density at radius 2 is 1.64 bits per heavy atom. The smallest absolute Gasteiger partial charge is 0.277 e. The summed E-state index contributed by atoms with van der Waals surface area (Å²) in [5.74, 6) is 1.39. The lowest BCUT2D eigenvalue weighted by Crippen LogP contribution is -2.25. The van der Waals surface area contributed by atoms with Gasteiger partial charge in [-0.1, -0.05) is 0 Å². The first-order chi connectivity index (χ1) is 12.0. The van der Waals surface area contributed by atoms with Crippen LogP contribution in [0.4, 0.5) is 0 Å². The molecule has 0 aliphatic carbocycles. The lowest BCUT2D eigenvalue weighted by Gasteiger charge is -2.08. The molecule has 2 aromatic carbocycles. The van der Waals surface area contributed by atoms with E-state index in [0.29, 0.717) is 28.5 Å². The van der Waals surface area contributed by atoms with Crippen molar-refractivity contribution < 1.29 is 24.1 Å². The highest BCUT2D eigenvalue weighted by Crippen LogP contribution is 2.23. The van der Waals surface area contributed by atoms with Crippen LogP contribution in [0.2, 0.25) is 0 Å². The number of carbonyl (C=O) groups is 1. The molecule has 1 amide bonds. The van der Waals surface area contributed by atoms with Gasteiger partial charge in [0.1, 0.15) is 23.0 Å². The van der Waals surface area contributed by atoms with Crippen molar-refractivity contribution in [3.8, 4) is 23.0 Å². The minimum atomic E-state index is -0.414. The van der Waals surface area contributed by atoms with E-state index in [1.807, 2.05) is 0 Å². The Labute approximate surface area is 145 Å². The number of methoxy groups -OCH3 is 2. The Balaban J connectivity index is 1.90. The van der Waals surface area contributed by atoms with Gasteiger partial charge in [-0.3, -0.25) is 4.79 Å². The van der Waals surface area contributed by atoms with E-state index in [-0.39, 0.29) is 12.4 Å². The number of ether oxygens (including phenoxy) is 3. The maximum Gasteiger partial charge on any atom is 0.277 e. The fraction of sp³-hybridized carbons (Fsp3) is 0.222. The summed E-state index contributed by atoms with van der Waals surface area (Å²) in [6.07, 6.45) is 0. The Hall–Kier alpha value is -3.22. The lowest BCUT2D eigenvalue weighted by molar-refractivity contribution is -0.123. The van der Waals surface area contributed by atoms with Gasteiger partial charge >= 0.3 is 0 Å². The van der Waals surface area contributed by atoms with Gasteiger partial charge in [-0.25, -0.2) is 5.43 Å². The molecule has 0 fully saturated rings. The third kappa shape index (κ3) is 5.13. The first-order valence-corrected chi connectivity index (χ1v) is 7.51. The van der Waals surface area contributed by atoms with Crippen molar-refractivity contribution in [2.24, 2.45) is 5.10 Å². The van der Waals surface area contributed by atoms with Gasteiger partial charge in [0.2, 0.25) is 0 Å². The standard InChI is InChI=1S/C18H20N2O5/c1-12(16-9-8-15(24-3)10-17(16)21)19-20-18(22)11-25-14-6-4-13(23-2)5-7-14/h4-10,21H,11H2,1-3H3,(H,20,22). The largest absolute Gasteiger partial charge is 0.507 e. The fourth-order valence-electron chi connectivity index (χ4n) is 2.00. The second kappa shape index (κ2) is 8.58. The molecule has 0 bridgehead atoms. The van der Waals surface area contributed by atoms with Gasteiger partial charge in [0, 0.05) is 11.6 Å². The Morgan fingerprint density at radius 1 is 1.04 bits per heavy atom. The Bertz CT molecular complexity index is 757. The molecular formula is C18H20N2O5. The molecule has 2 rings (SSSR count). The van der Waals surface area contributed by atoms with Crippen molar-refractivity contribution in [2.45, 2.75) is 6.92 Å². The summed E-state index contributed by atoms with van der Waals surface area (Å²) in [4.78, 5) is 11.8. The molecule has 0 aromatic heterocycles. The van der Waals surface area contributed by atoms with E-state index < -0.39 is 5.91 Å². The van der Waals surface area contributed by atoms with Crippen LogP contribution in [-0.2, 0) is 4.79 Å². The SMILES string of the molecule is COc1ccc(OCC(=O)NN=C(C)c2ccc(OC)cc2O)cc1. The van der Waals surface area contributed by atoms with Gasteiger partial charge in [0.25, 0.3) is 5.91 Å². The van der Waals surface area contributed by atoms with E-state index in [0.717, 1.165) is 0 Å². The number of phenolic OH excluding ortho intramolecular Hbond substituents is 1. The van der Waals surface area contributed by atoms with Crippen LogP contribution < -0.4 is 19.6 Å². The van der Waals surface area contributed by atoms with E-state index in [9.17, 15) is 9.90 Å². The van der Waals surface area contributed by atoms with Crippen molar-refractivity contribution in [3.63, 3.8) is 0 Å². The van der Waals surface area contributed by atoms with Gasteiger partial charge in [0.05, 0.1) is 19.9 Å². The summed E-state index contributed by atoms with van der Waals surface area (Å²) in [5, 5.41) is 13.9. The zero-order chi connectivity index (χ0) is 18.2. The number of amides is 1. The van der Waals surface area contributed by atoms with E-state index in [1.165, 1.54) is 13.2 Å². The Kier molecular flexibility index (Phi) is 6.22. The summed E-state index contributed by atoms with van der Waals surface area (Å²) in [6, 6.07) is 11.7. The van der Waals surface area contributed by atoms with E-state index in [2.05, 4.69) is 10.5 Å². The second-order valence-corrected chi connectivity index (χ2v) is 5.08. The summed E-state index contributed by atoms with van der Waals surface area (Å²) >= 11 is 0. The highest BCUT2D eigenvalue weighted by molar-refractivity contribution is 6.01. The van der Waals surface area contributed by atoms with E-state index in [4.69, 9.17) is 14.2 Å². The van der Waals surface area contributed by atoms with Crippen molar-refractivity contribution >= 4 is 11.6 Å². The average molecular weight is 344 g/mol. The second-order valence-electron chi connectivity index (χ2n) is 5.08. The Morgan fingerprint density at radius 3 is 2.24 bits per heavy atom. The van der Waals surface area contributed by atoms with Gasteiger partial charge < -0.3 is 19.3 Å². The highest BCUT2D eigenvalue weighted by Gasteiger charge is 2.08. The molecule has 0 radical (unpaired) electrons. The van der Waals surface area contributed by atoms with Gasteiger partial charge in [-0.2, -0.15) is 5.10 Å². The first-order valence-electron chi connectivity index (χ1n) is 7.51. The van der Waals surface area contributed by atoms with Crippen molar-refractivity contribution in [3.05, 3.63) is 48.0 Å². The summed E-state index contributed by atoms with van der Waals surface area (Å²) in [6.45, 7) is 1.49. The molecular weight excluding hydrogens is 324 g/mol. The number of hydrazone groups is 1. The van der Waals surface area contributed by atoms with Gasteiger partial charge in [0.15, 0.2) is 6.61 Å². The average Bonchev–Trinajstić information content (AvgIpc) is 2.64. The number of nitrogens with one attached hydrogen (secondary N) is 1. The highest BCUT2D eigenvalue weighted by atomic mass is 16.5. The van der Waals surface area contributed by atoms with Crippen LogP contribution in [-0.4, -0.2) is 37.6 Å². The molecule has 0 spiro atoms. The molecule has 0 saturated heterocycles. The number of hydrogen-bond acceptors (Lipinski definition) is 6. The summed E-state index contributed by atoms with van der Waals surface area (Å²) in [7, 11) is 3.09. The number of benzene rings is 2. The van der Waals surface area contributed by atoms with Crippen molar-refractivity contribution in [1.82, 2.24) is 5.43 Å². The van der Waals surface area contributed by atoms with Crippen LogP contribution in [0.1, 0.15) is 12.5 Å². The molecule has 7 heteroatoms. The quantitative estimate of drug-likeness (QED) is 0.594. The molecule has 0 atom stereocenters. The maximum absolute atomic E-state index is 11.8. The number of phenols is 1. The predicted octanol–water partition coefficient (Wildman–Crippen LogP) is 2.33. The number of aromatic hydroxyl groups is 1. The molecule has 0 unspecified atom stereocenters. The van der Waals surface area contributed by atoms with Crippen LogP contribution in [0.3, 0.4) is 0 Å². The predicted molar refractivity (Wildman–Crippen MR) is 93.5 cm³/mol. The van der Waals surface area contributed by atoms with Gasteiger partial charge in [-0.05, 0) is 43.3 Å². The van der Waals surface area contributed by atoms with Crippen molar-refractivity contribution in [2.75, 3.05) is 20.8 Å². The van der Waals surface area contributed by atoms with E-state index >= 15 is 0 Å². The monoisotopic (exact) mass is 344 g/mol. The number of rotatable bonds is 7. The molecule has 25 heavy (non-hydrogen) atoms. The first kappa shape index (κ1) is 18.1. The molecule has 132 valence electrons. The van der Waals surface area contributed by atoms with Gasteiger partial charge in [-0.15, -0.1) is 0 Å². The fourth-order valence-corrected chi connectivity index (χ4v) is 2.00. The van der Waals surface area contributed by atoms with Crippen LogP contribution in [0, 0.1) is 0 Å². The maximum atomic E-state index is 11.8. The zero-order valence-corrected chi connectivity index (χ0v) is 14.3. The number of carbonyl (C=O) groups excluding carboxylic acids is 1. The molecule has 0 aliphatic rings. The zero-order valence-electron chi connectivity index (χ0n) is 14.3. The number of hydrogen-bond donors (Lipinski definition) is 2. The van der Waals surface area contributed by atoms with Crippen molar-refractivity contribution in [1.29, 1.82) is 0 Å². The van der Waals surface area contributed by atoms with E-state index in [1.54, 1.807) is 50.4 Å². The third-order valence-electron chi connectivity index (χ3n) is 3.37. The summed E-state index contributed by atoms with van der Waals surface area (Å²) in [5.41, 5.74) is 3.34. The number of nitrogens with zero attached hydrogens (tertiary/aromatic N) is 1. The molecule has 0 aliphatic heterocycles. The molecule has 0 heterocycles. The topological polar surface area (TPSA) is 89.4 Å². The minimum absolute atomic E-state index is 0.0179. The lowest BCUT2D eigenvalue weighted by atomic mass is 10.1. The molecule has 2 aromatic rings.